The van der Waals surface area contributed by atoms with Gasteiger partial charge in [-0.05, 0) is 36.4 Å². The number of ether oxygens (including phenoxy) is 1. The number of rotatable bonds is 3. The molecule has 6 heteroatoms. The highest BCUT2D eigenvalue weighted by Crippen LogP contribution is 2.34. The number of nitrogen functional groups attached to an aromatic ring is 1. The Morgan fingerprint density at radius 2 is 1.95 bits per heavy atom. The Labute approximate surface area is 122 Å². The minimum absolute atomic E-state index is 0.102. The van der Waals surface area contributed by atoms with Crippen molar-refractivity contribution < 1.29 is 14.6 Å². The fourth-order valence-electron chi connectivity index (χ4n) is 1.45. The van der Waals surface area contributed by atoms with Crippen molar-refractivity contribution in [2.24, 2.45) is 0 Å². The van der Waals surface area contributed by atoms with Gasteiger partial charge in [-0.2, -0.15) is 0 Å². The maximum Gasteiger partial charge on any atom is 0.335 e. The van der Waals surface area contributed by atoms with Gasteiger partial charge in [-0.3, -0.25) is 0 Å². The lowest BCUT2D eigenvalue weighted by atomic mass is 10.2. The molecule has 0 atom stereocenters. The second kappa shape index (κ2) is 5.50. The van der Waals surface area contributed by atoms with Crippen molar-refractivity contribution in [1.82, 2.24) is 0 Å². The Morgan fingerprint density at radius 1 is 1.21 bits per heavy atom. The van der Waals surface area contributed by atoms with Gasteiger partial charge in [-0.25, -0.2) is 4.79 Å². The summed E-state index contributed by atoms with van der Waals surface area (Å²) in [5, 5.41) is 9.28. The van der Waals surface area contributed by atoms with E-state index < -0.39 is 5.97 Å². The molecule has 98 valence electrons. The Kier molecular flexibility index (Phi) is 3.97. The number of carbonyl (C=O) groups is 1. The molecule has 3 N–H and O–H groups in total. The van der Waals surface area contributed by atoms with Gasteiger partial charge in [-0.1, -0.05) is 27.5 Å². The normalized spacial score (nSPS) is 10.2. The van der Waals surface area contributed by atoms with Crippen LogP contribution < -0.4 is 10.5 Å². The van der Waals surface area contributed by atoms with Crippen LogP contribution in [0.1, 0.15) is 10.4 Å². The summed E-state index contributed by atoms with van der Waals surface area (Å²) in [6, 6.07) is 9.42. The van der Waals surface area contributed by atoms with Crippen LogP contribution in [-0.4, -0.2) is 11.1 Å². The summed E-state index contributed by atoms with van der Waals surface area (Å²) in [7, 11) is 0. The first kappa shape index (κ1) is 13.7. The zero-order chi connectivity index (χ0) is 14.0. The number of nitrogens with two attached hydrogens (primary N) is 1. The maximum absolute atomic E-state index is 10.8. The molecule has 0 radical (unpaired) electrons. The van der Waals surface area contributed by atoms with Crippen molar-refractivity contribution in [3.8, 4) is 11.5 Å². The van der Waals surface area contributed by atoms with Crippen LogP contribution in [0.5, 0.6) is 11.5 Å². The summed E-state index contributed by atoms with van der Waals surface area (Å²) < 4.78 is 6.39. The molecule has 0 amide bonds. The average molecular weight is 343 g/mol. The van der Waals surface area contributed by atoms with Crippen LogP contribution in [0.25, 0.3) is 0 Å². The van der Waals surface area contributed by atoms with Crippen LogP contribution in [0.15, 0.2) is 40.9 Å². The molecular weight excluding hydrogens is 334 g/mol. The number of hydrogen-bond donors (Lipinski definition) is 2. The Balaban J connectivity index is 2.33. The third kappa shape index (κ3) is 3.19. The molecule has 0 aliphatic heterocycles. The lowest BCUT2D eigenvalue weighted by Crippen LogP contribution is -1.99. The van der Waals surface area contributed by atoms with E-state index in [2.05, 4.69) is 15.9 Å². The van der Waals surface area contributed by atoms with E-state index in [1.54, 1.807) is 18.2 Å². The molecular formula is C13H9BrClNO3. The Hall–Kier alpha value is -1.72. The van der Waals surface area contributed by atoms with Crippen molar-refractivity contribution >= 4 is 39.2 Å². The van der Waals surface area contributed by atoms with Crippen molar-refractivity contribution in [3.63, 3.8) is 0 Å². The molecule has 2 aromatic carbocycles. The highest BCUT2D eigenvalue weighted by molar-refractivity contribution is 9.10. The van der Waals surface area contributed by atoms with Gasteiger partial charge in [0.05, 0.1) is 16.3 Å². The molecule has 0 aliphatic carbocycles. The summed E-state index contributed by atoms with van der Waals surface area (Å²) >= 11 is 9.31. The molecule has 0 saturated carbocycles. The van der Waals surface area contributed by atoms with Crippen LogP contribution in [0.3, 0.4) is 0 Å². The van der Waals surface area contributed by atoms with Crippen molar-refractivity contribution in [2.75, 3.05) is 5.73 Å². The van der Waals surface area contributed by atoms with E-state index in [1.807, 2.05) is 0 Å². The highest BCUT2D eigenvalue weighted by atomic mass is 79.9. The third-order valence-corrected chi connectivity index (χ3v) is 3.18. The van der Waals surface area contributed by atoms with Gasteiger partial charge in [0.2, 0.25) is 0 Å². The van der Waals surface area contributed by atoms with Crippen molar-refractivity contribution in [2.45, 2.75) is 0 Å². The standard InChI is InChI=1S/C13H9BrClNO3/c14-8-2-3-9(15)12(6-8)19-11-4-1-7(13(17)18)5-10(11)16/h1-6H,16H2,(H,17,18). The molecule has 0 spiro atoms. The molecule has 0 saturated heterocycles. The summed E-state index contributed by atoms with van der Waals surface area (Å²) in [6.45, 7) is 0. The number of hydrogen-bond acceptors (Lipinski definition) is 3. The van der Waals surface area contributed by atoms with E-state index in [9.17, 15) is 4.79 Å². The molecule has 0 bridgehead atoms. The second-order valence-electron chi connectivity index (χ2n) is 3.73. The first-order valence-electron chi connectivity index (χ1n) is 5.23. The van der Waals surface area contributed by atoms with Crippen LogP contribution in [0.2, 0.25) is 5.02 Å². The second-order valence-corrected chi connectivity index (χ2v) is 5.06. The topological polar surface area (TPSA) is 72.6 Å². The number of carboxylic acids is 1. The minimum atomic E-state index is -1.04. The highest BCUT2D eigenvalue weighted by Gasteiger charge is 2.10. The summed E-state index contributed by atoms with van der Waals surface area (Å²) in [4.78, 5) is 10.8. The molecule has 0 heterocycles. The first-order valence-corrected chi connectivity index (χ1v) is 6.40. The fraction of sp³-hybridized carbons (Fsp3) is 0. The average Bonchev–Trinajstić information content (AvgIpc) is 2.36. The lowest BCUT2D eigenvalue weighted by Gasteiger charge is -2.10. The summed E-state index contributed by atoms with van der Waals surface area (Å²) in [5.74, 6) is -0.255. The van der Waals surface area contributed by atoms with E-state index >= 15 is 0 Å². The smallest absolute Gasteiger partial charge is 0.335 e. The molecule has 0 aromatic heterocycles. The van der Waals surface area contributed by atoms with Crippen LogP contribution >= 0.6 is 27.5 Å². The summed E-state index contributed by atoms with van der Waals surface area (Å²) in [5.41, 5.74) is 6.09. The van der Waals surface area contributed by atoms with Crippen molar-refractivity contribution in [3.05, 3.63) is 51.5 Å². The predicted molar refractivity (Wildman–Crippen MR) is 77.0 cm³/mol. The van der Waals surface area contributed by atoms with E-state index in [1.165, 1.54) is 18.2 Å². The van der Waals surface area contributed by atoms with Crippen LogP contribution in [-0.2, 0) is 0 Å². The quantitative estimate of drug-likeness (QED) is 0.821. The number of benzene rings is 2. The van der Waals surface area contributed by atoms with Gasteiger partial charge in [-0.15, -0.1) is 0 Å². The molecule has 0 fully saturated rings. The third-order valence-electron chi connectivity index (χ3n) is 2.37. The largest absolute Gasteiger partial charge is 0.478 e. The fourth-order valence-corrected chi connectivity index (χ4v) is 1.94. The van der Waals surface area contributed by atoms with Gasteiger partial charge < -0.3 is 15.6 Å². The van der Waals surface area contributed by atoms with E-state index in [-0.39, 0.29) is 11.3 Å². The lowest BCUT2D eigenvalue weighted by molar-refractivity contribution is 0.0697. The number of aromatic carboxylic acids is 1. The number of halogens is 2. The molecule has 4 nitrogen and oxygen atoms in total. The van der Waals surface area contributed by atoms with E-state index in [4.69, 9.17) is 27.2 Å². The van der Waals surface area contributed by atoms with Crippen LogP contribution in [0, 0.1) is 0 Å². The van der Waals surface area contributed by atoms with Gasteiger partial charge >= 0.3 is 5.97 Å². The number of carboxylic acid groups (broad SMARTS) is 1. The first-order chi connectivity index (χ1) is 8.97. The van der Waals surface area contributed by atoms with Gasteiger partial charge in [0.1, 0.15) is 11.5 Å². The predicted octanol–water partition coefficient (Wildman–Crippen LogP) is 4.18. The maximum atomic E-state index is 10.8. The number of anilines is 1. The van der Waals surface area contributed by atoms with Crippen LogP contribution in [0.4, 0.5) is 5.69 Å². The molecule has 2 aromatic rings. The Bertz CT molecular complexity index is 646. The summed E-state index contributed by atoms with van der Waals surface area (Å²) in [6.07, 6.45) is 0. The Morgan fingerprint density at radius 3 is 2.58 bits per heavy atom. The van der Waals surface area contributed by atoms with Gasteiger partial charge in [0.25, 0.3) is 0 Å². The zero-order valence-electron chi connectivity index (χ0n) is 9.56. The SMILES string of the molecule is Nc1cc(C(=O)O)ccc1Oc1cc(Br)ccc1Cl. The van der Waals surface area contributed by atoms with Gasteiger partial charge in [0.15, 0.2) is 0 Å². The minimum Gasteiger partial charge on any atom is -0.478 e. The molecule has 2 rings (SSSR count). The molecule has 19 heavy (non-hydrogen) atoms. The zero-order valence-corrected chi connectivity index (χ0v) is 11.9. The van der Waals surface area contributed by atoms with E-state index in [0.717, 1.165) is 4.47 Å². The van der Waals surface area contributed by atoms with Gasteiger partial charge in [0, 0.05) is 4.47 Å². The molecule has 0 aliphatic rings. The van der Waals surface area contributed by atoms with E-state index in [0.29, 0.717) is 16.5 Å². The monoisotopic (exact) mass is 341 g/mol. The molecule has 0 unspecified atom stereocenters. The van der Waals surface area contributed by atoms with Crippen molar-refractivity contribution in [1.29, 1.82) is 0 Å².